The molecule has 6 nitrogen and oxygen atoms in total. The molecule has 0 fully saturated rings. The quantitative estimate of drug-likeness (QED) is 0.871. The third kappa shape index (κ3) is 3.38. The van der Waals surface area contributed by atoms with Gasteiger partial charge in [-0.15, -0.1) is 5.10 Å². The van der Waals surface area contributed by atoms with E-state index in [1.54, 1.807) is 6.92 Å². The number of rotatable bonds is 4. The maximum atomic E-state index is 12.0. The van der Waals surface area contributed by atoms with Crippen molar-refractivity contribution in [1.29, 1.82) is 0 Å². The zero-order valence-corrected chi connectivity index (χ0v) is 11.3. The first kappa shape index (κ1) is 13.2. The number of nitrogens with one attached hydrogen (secondary N) is 2. The normalized spacial score (nSPS) is 10.7. The Morgan fingerprint density at radius 2 is 2.11 bits per heavy atom. The van der Waals surface area contributed by atoms with Crippen molar-refractivity contribution in [2.75, 3.05) is 19.4 Å². The Balaban J connectivity index is 2.16. The van der Waals surface area contributed by atoms with Crippen LogP contribution in [0.15, 0.2) is 24.3 Å². The van der Waals surface area contributed by atoms with Crippen molar-refractivity contribution in [1.82, 2.24) is 20.1 Å². The number of para-hydroxylation sites is 1. The van der Waals surface area contributed by atoms with Crippen LogP contribution in [0.25, 0.3) is 0 Å². The Morgan fingerprint density at radius 3 is 2.74 bits per heavy atom. The maximum Gasteiger partial charge on any atom is 0.295 e. The lowest BCUT2D eigenvalue weighted by molar-refractivity contribution is 0.101. The minimum absolute atomic E-state index is 0.150. The van der Waals surface area contributed by atoms with Crippen LogP contribution in [0, 0.1) is 6.92 Å². The molecule has 0 aliphatic heterocycles. The molecule has 0 radical (unpaired) electrons. The van der Waals surface area contributed by atoms with E-state index in [4.69, 9.17) is 0 Å². The molecular weight excluding hydrogens is 242 g/mol. The van der Waals surface area contributed by atoms with Crippen molar-refractivity contribution in [3.8, 4) is 0 Å². The van der Waals surface area contributed by atoms with Crippen molar-refractivity contribution in [3.05, 3.63) is 41.5 Å². The molecular formula is C13H17N5O. The van der Waals surface area contributed by atoms with E-state index >= 15 is 0 Å². The number of carbonyl (C=O) groups is 1. The highest BCUT2D eigenvalue weighted by atomic mass is 16.2. The summed E-state index contributed by atoms with van der Waals surface area (Å²) < 4.78 is 0. The molecule has 2 N–H and O–H groups in total. The zero-order chi connectivity index (χ0) is 13.8. The van der Waals surface area contributed by atoms with Crippen molar-refractivity contribution < 1.29 is 4.79 Å². The number of anilines is 1. The third-order valence-electron chi connectivity index (χ3n) is 2.55. The Bertz CT molecular complexity index is 576. The van der Waals surface area contributed by atoms with E-state index in [9.17, 15) is 4.79 Å². The molecule has 0 aliphatic rings. The first-order chi connectivity index (χ1) is 9.06. The van der Waals surface area contributed by atoms with Gasteiger partial charge in [-0.1, -0.05) is 18.2 Å². The molecule has 0 unspecified atom stereocenters. The van der Waals surface area contributed by atoms with Crippen LogP contribution in [-0.2, 0) is 6.54 Å². The van der Waals surface area contributed by atoms with Crippen LogP contribution >= 0.6 is 0 Å². The molecule has 1 amide bonds. The van der Waals surface area contributed by atoms with Gasteiger partial charge in [0.05, 0.1) is 0 Å². The summed E-state index contributed by atoms with van der Waals surface area (Å²) in [5.41, 5.74) is 1.83. The lowest BCUT2D eigenvalue weighted by atomic mass is 10.1. The second kappa shape index (κ2) is 5.62. The smallest absolute Gasteiger partial charge is 0.295 e. The second-order valence-electron chi connectivity index (χ2n) is 4.59. The first-order valence-electron chi connectivity index (χ1n) is 5.99. The van der Waals surface area contributed by atoms with Crippen LogP contribution in [0.3, 0.4) is 0 Å². The highest BCUT2D eigenvalue weighted by molar-refractivity contribution is 6.01. The van der Waals surface area contributed by atoms with Gasteiger partial charge < -0.3 is 10.2 Å². The molecule has 1 aromatic carbocycles. The summed E-state index contributed by atoms with van der Waals surface area (Å²) in [7, 11) is 3.97. The van der Waals surface area contributed by atoms with Gasteiger partial charge in [0.2, 0.25) is 5.82 Å². The Labute approximate surface area is 111 Å². The highest BCUT2D eigenvalue weighted by Crippen LogP contribution is 2.16. The average molecular weight is 259 g/mol. The van der Waals surface area contributed by atoms with E-state index in [-0.39, 0.29) is 11.7 Å². The molecule has 1 aromatic heterocycles. The molecule has 0 aliphatic carbocycles. The van der Waals surface area contributed by atoms with Gasteiger partial charge in [-0.25, -0.2) is 4.98 Å². The number of carbonyl (C=O) groups excluding carboxylic acids is 1. The molecule has 1 heterocycles. The molecule has 100 valence electrons. The van der Waals surface area contributed by atoms with Crippen molar-refractivity contribution in [2.45, 2.75) is 13.5 Å². The number of nitrogens with zero attached hydrogens (tertiary/aromatic N) is 3. The molecule has 2 rings (SSSR count). The van der Waals surface area contributed by atoms with Gasteiger partial charge in [-0.2, -0.15) is 0 Å². The van der Waals surface area contributed by atoms with Crippen LogP contribution in [0.4, 0.5) is 5.69 Å². The SMILES string of the molecule is Cc1nc(C(=O)Nc2ccccc2CN(C)C)n[nH]1. The molecule has 0 spiro atoms. The van der Waals surface area contributed by atoms with Gasteiger partial charge in [0.25, 0.3) is 5.91 Å². The molecule has 0 saturated carbocycles. The van der Waals surface area contributed by atoms with Gasteiger partial charge in [0.15, 0.2) is 0 Å². The van der Waals surface area contributed by atoms with Crippen LogP contribution in [0.5, 0.6) is 0 Å². The summed E-state index contributed by atoms with van der Waals surface area (Å²) in [5.74, 6) is 0.458. The van der Waals surface area contributed by atoms with Gasteiger partial charge in [0.1, 0.15) is 5.82 Å². The standard InChI is InChI=1S/C13H17N5O/c1-9-14-12(17-16-9)13(19)15-11-7-5-4-6-10(11)8-18(2)3/h4-7H,8H2,1-3H3,(H,15,19)(H,14,16,17). The van der Waals surface area contributed by atoms with E-state index in [1.165, 1.54) is 0 Å². The first-order valence-corrected chi connectivity index (χ1v) is 5.99. The van der Waals surface area contributed by atoms with Crippen LogP contribution in [0.1, 0.15) is 22.0 Å². The fraction of sp³-hybridized carbons (Fsp3) is 0.308. The van der Waals surface area contributed by atoms with E-state index in [1.807, 2.05) is 43.3 Å². The highest BCUT2D eigenvalue weighted by Gasteiger charge is 2.13. The number of aromatic nitrogens is 3. The number of H-pyrrole nitrogens is 1. The van der Waals surface area contributed by atoms with Crippen molar-refractivity contribution in [2.24, 2.45) is 0 Å². The van der Waals surface area contributed by atoms with E-state index in [0.29, 0.717) is 5.82 Å². The molecule has 2 aromatic rings. The average Bonchev–Trinajstić information content (AvgIpc) is 2.78. The van der Waals surface area contributed by atoms with E-state index in [2.05, 4.69) is 20.5 Å². The predicted octanol–water partition coefficient (Wildman–Crippen LogP) is 1.43. The summed E-state index contributed by atoms with van der Waals surface area (Å²) >= 11 is 0. The molecule has 6 heteroatoms. The Morgan fingerprint density at radius 1 is 1.37 bits per heavy atom. The summed E-state index contributed by atoms with van der Waals surface area (Å²) in [6.45, 7) is 2.51. The summed E-state index contributed by atoms with van der Waals surface area (Å²) in [6.07, 6.45) is 0. The molecule has 0 saturated heterocycles. The lowest BCUT2D eigenvalue weighted by Gasteiger charge is -2.14. The summed E-state index contributed by atoms with van der Waals surface area (Å²) in [5, 5.41) is 9.33. The number of amides is 1. The minimum atomic E-state index is -0.310. The molecule has 0 bridgehead atoms. The molecule has 19 heavy (non-hydrogen) atoms. The Hall–Kier alpha value is -2.21. The maximum absolute atomic E-state index is 12.0. The fourth-order valence-electron chi connectivity index (χ4n) is 1.74. The van der Waals surface area contributed by atoms with E-state index in [0.717, 1.165) is 17.8 Å². The molecule has 0 atom stereocenters. The summed E-state index contributed by atoms with van der Waals surface area (Å²) in [4.78, 5) is 18.0. The number of aryl methyl sites for hydroxylation is 1. The zero-order valence-electron chi connectivity index (χ0n) is 11.3. The van der Waals surface area contributed by atoms with Crippen LogP contribution in [-0.4, -0.2) is 40.1 Å². The van der Waals surface area contributed by atoms with Crippen LogP contribution in [0.2, 0.25) is 0 Å². The number of aromatic amines is 1. The fourth-order valence-corrected chi connectivity index (χ4v) is 1.74. The summed E-state index contributed by atoms with van der Waals surface area (Å²) in [6, 6.07) is 7.69. The predicted molar refractivity (Wildman–Crippen MR) is 72.9 cm³/mol. The minimum Gasteiger partial charge on any atom is -0.319 e. The monoisotopic (exact) mass is 259 g/mol. The number of benzene rings is 1. The van der Waals surface area contributed by atoms with Gasteiger partial charge in [-0.3, -0.25) is 9.89 Å². The van der Waals surface area contributed by atoms with Gasteiger partial charge in [0, 0.05) is 12.2 Å². The third-order valence-corrected chi connectivity index (χ3v) is 2.55. The Kier molecular flexibility index (Phi) is 3.91. The van der Waals surface area contributed by atoms with E-state index < -0.39 is 0 Å². The second-order valence-corrected chi connectivity index (χ2v) is 4.59. The lowest BCUT2D eigenvalue weighted by Crippen LogP contribution is -2.17. The largest absolute Gasteiger partial charge is 0.319 e. The van der Waals surface area contributed by atoms with Crippen LogP contribution < -0.4 is 5.32 Å². The topological polar surface area (TPSA) is 73.9 Å². The van der Waals surface area contributed by atoms with Crippen molar-refractivity contribution in [3.63, 3.8) is 0 Å². The number of hydrogen-bond donors (Lipinski definition) is 2. The van der Waals surface area contributed by atoms with Gasteiger partial charge >= 0.3 is 0 Å². The van der Waals surface area contributed by atoms with Gasteiger partial charge in [-0.05, 0) is 32.6 Å². The van der Waals surface area contributed by atoms with Crippen molar-refractivity contribution >= 4 is 11.6 Å². The number of hydrogen-bond acceptors (Lipinski definition) is 4.